The van der Waals surface area contributed by atoms with E-state index in [1.54, 1.807) is 13.0 Å². The Balaban J connectivity index is 2.97. The molecule has 0 aromatic heterocycles. The van der Waals surface area contributed by atoms with Crippen LogP contribution in [0.3, 0.4) is 0 Å². The molecule has 0 bridgehead atoms. The van der Waals surface area contributed by atoms with Gasteiger partial charge in [-0.25, -0.2) is 9.59 Å². The fourth-order valence-electron chi connectivity index (χ4n) is 3.37. The molecule has 0 saturated heterocycles. The Morgan fingerprint density at radius 2 is 1.39 bits per heavy atom. The van der Waals surface area contributed by atoms with Gasteiger partial charge in [-0.15, -0.1) is 0 Å². The zero-order valence-electron chi connectivity index (χ0n) is 25.6. The number of esters is 1. The minimum Gasteiger partial charge on any atom is -0.480 e. The van der Waals surface area contributed by atoms with Gasteiger partial charge in [0.2, 0.25) is 0 Å². The molecule has 1 aromatic carbocycles. The largest absolute Gasteiger partial charge is 0.513 e. The molecular weight excluding hydrogens is 534 g/mol. The van der Waals surface area contributed by atoms with Crippen molar-refractivity contribution in [2.75, 3.05) is 19.8 Å². The normalized spacial score (nSPS) is 12.9. The van der Waals surface area contributed by atoms with E-state index in [0.29, 0.717) is 30.2 Å². The Labute approximate surface area is 243 Å². The molecule has 11 heteroatoms. The first-order valence-corrected chi connectivity index (χ1v) is 14.0. The van der Waals surface area contributed by atoms with Gasteiger partial charge in [-0.2, -0.15) is 0 Å². The quantitative estimate of drug-likeness (QED) is 0.139. The smallest absolute Gasteiger partial charge is 0.480 e. The molecule has 2 atom stereocenters. The first-order chi connectivity index (χ1) is 19.1. The summed E-state index contributed by atoms with van der Waals surface area (Å²) in [6.45, 7) is 15.8. The summed E-state index contributed by atoms with van der Waals surface area (Å²) < 4.78 is 26.2. The van der Waals surface area contributed by atoms with Crippen LogP contribution in [0.15, 0.2) is 18.2 Å². The predicted molar refractivity (Wildman–Crippen MR) is 152 cm³/mol. The molecule has 0 spiro atoms. The molecule has 0 amide bonds. The number of rotatable bonds is 16. The second-order valence-corrected chi connectivity index (χ2v) is 12.1. The number of carboxylic acids is 1. The molecule has 2 N–H and O–H groups in total. The fraction of sp³-hybridized carbons (Fsp3) is 0.667. The van der Waals surface area contributed by atoms with E-state index in [-0.39, 0.29) is 55.5 Å². The van der Waals surface area contributed by atoms with Crippen LogP contribution < -0.4 is 14.8 Å². The maximum Gasteiger partial charge on any atom is 0.513 e. The summed E-state index contributed by atoms with van der Waals surface area (Å²) in [5.74, 6) is -1.04. The van der Waals surface area contributed by atoms with Gasteiger partial charge in [-0.05, 0) is 61.1 Å². The molecular formula is C30H47NO10. The zero-order chi connectivity index (χ0) is 31.2. The highest BCUT2D eigenvalue weighted by Crippen LogP contribution is 2.30. The van der Waals surface area contributed by atoms with E-state index in [1.165, 1.54) is 12.1 Å². The highest BCUT2D eigenvalue weighted by Gasteiger charge is 2.23. The van der Waals surface area contributed by atoms with Gasteiger partial charge < -0.3 is 34.1 Å². The summed E-state index contributed by atoms with van der Waals surface area (Å²) in [5.41, 5.74) is 0.252. The van der Waals surface area contributed by atoms with Gasteiger partial charge in [0.05, 0.1) is 19.6 Å². The molecule has 0 aliphatic heterocycles. The lowest BCUT2D eigenvalue weighted by Gasteiger charge is -2.21. The van der Waals surface area contributed by atoms with E-state index in [9.17, 15) is 24.3 Å². The summed E-state index contributed by atoms with van der Waals surface area (Å²) in [4.78, 5) is 48.6. The highest BCUT2D eigenvalue weighted by atomic mass is 16.7. The number of ether oxygens (including phenoxy) is 5. The van der Waals surface area contributed by atoms with Gasteiger partial charge >= 0.3 is 24.2 Å². The van der Waals surface area contributed by atoms with Crippen LogP contribution in [0.5, 0.6) is 11.5 Å². The van der Waals surface area contributed by atoms with Crippen LogP contribution in [0, 0.1) is 17.3 Å². The van der Waals surface area contributed by atoms with Crippen molar-refractivity contribution in [3.63, 3.8) is 0 Å². The SMILES string of the molecule is CC(C)CCOC(=O)Oc1ccc(C[C@H](NCC(C)OC(=O)CC(C)(C)C)C(=O)O)cc1OC(=O)OCCC(C)C. The number of carbonyl (C=O) groups is 4. The molecule has 0 heterocycles. The third-order valence-electron chi connectivity index (χ3n) is 5.62. The first-order valence-electron chi connectivity index (χ1n) is 14.0. The number of hydrogen-bond donors (Lipinski definition) is 2. The second kappa shape index (κ2) is 17.5. The number of nitrogens with one attached hydrogen (secondary N) is 1. The van der Waals surface area contributed by atoms with E-state index in [2.05, 4.69) is 5.32 Å². The third kappa shape index (κ3) is 16.5. The van der Waals surface area contributed by atoms with Gasteiger partial charge in [-0.1, -0.05) is 54.5 Å². The zero-order valence-corrected chi connectivity index (χ0v) is 25.6. The van der Waals surface area contributed by atoms with Crippen LogP contribution in [-0.2, 0) is 30.2 Å². The standard InChI is InChI=1S/C30H47NO10/c1-19(2)11-13-37-28(35)40-24-10-9-22(16-25(24)41-29(36)38-14-12-20(3)4)15-23(27(33)34)31-18-21(5)39-26(32)17-30(6,7)8/h9-10,16,19-21,23,31H,11-15,17-18H2,1-8H3,(H,33,34)/t21?,23-/m0/s1. The van der Waals surface area contributed by atoms with Crippen LogP contribution in [0.1, 0.15) is 80.2 Å². The Morgan fingerprint density at radius 3 is 1.88 bits per heavy atom. The van der Waals surface area contributed by atoms with Crippen molar-refractivity contribution in [1.29, 1.82) is 0 Å². The number of carboxylic acid groups (broad SMARTS) is 1. The number of hydrogen-bond acceptors (Lipinski definition) is 10. The minimum absolute atomic E-state index is 0.00410. The highest BCUT2D eigenvalue weighted by molar-refractivity contribution is 5.74. The molecule has 0 aliphatic rings. The summed E-state index contributed by atoms with van der Waals surface area (Å²) in [5, 5.41) is 12.7. The molecule has 0 radical (unpaired) electrons. The molecule has 1 rings (SSSR count). The minimum atomic E-state index is -1.12. The van der Waals surface area contributed by atoms with Crippen molar-refractivity contribution in [2.24, 2.45) is 17.3 Å². The molecule has 232 valence electrons. The maximum atomic E-state index is 12.3. The Bertz CT molecular complexity index is 999. The summed E-state index contributed by atoms with van der Waals surface area (Å²) in [7, 11) is 0. The van der Waals surface area contributed by atoms with Crippen molar-refractivity contribution in [1.82, 2.24) is 5.32 Å². The molecule has 1 aromatic rings. The average molecular weight is 582 g/mol. The predicted octanol–water partition coefficient (Wildman–Crippen LogP) is 5.76. The Morgan fingerprint density at radius 1 is 0.854 bits per heavy atom. The lowest BCUT2D eigenvalue weighted by molar-refractivity contribution is -0.150. The van der Waals surface area contributed by atoms with Gasteiger partial charge in [0, 0.05) is 6.54 Å². The molecule has 1 unspecified atom stereocenters. The van der Waals surface area contributed by atoms with Crippen LogP contribution in [0.2, 0.25) is 0 Å². The van der Waals surface area contributed by atoms with E-state index in [4.69, 9.17) is 23.7 Å². The molecule has 41 heavy (non-hydrogen) atoms. The Kier molecular flexibility index (Phi) is 15.2. The Hall–Kier alpha value is -3.34. The van der Waals surface area contributed by atoms with Crippen molar-refractivity contribution < 1.29 is 48.0 Å². The fourth-order valence-corrected chi connectivity index (χ4v) is 3.37. The number of aliphatic carboxylic acids is 1. The van der Waals surface area contributed by atoms with Crippen LogP contribution in [0.25, 0.3) is 0 Å². The first kappa shape index (κ1) is 35.7. The average Bonchev–Trinajstić information content (AvgIpc) is 2.81. The monoisotopic (exact) mass is 581 g/mol. The lowest BCUT2D eigenvalue weighted by Crippen LogP contribution is -2.42. The summed E-state index contributed by atoms with van der Waals surface area (Å²) in [6.07, 6.45) is -0.980. The lowest BCUT2D eigenvalue weighted by atomic mass is 9.92. The third-order valence-corrected chi connectivity index (χ3v) is 5.62. The van der Waals surface area contributed by atoms with Crippen LogP contribution >= 0.6 is 0 Å². The number of carbonyl (C=O) groups excluding carboxylic acids is 3. The molecule has 0 fully saturated rings. The van der Waals surface area contributed by atoms with Crippen molar-refractivity contribution >= 4 is 24.2 Å². The van der Waals surface area contributed by atoms with Crippen molar-refractivity contribution in [3.8, 4) is 11.5 Å². The number of benzene rings is 1. The summed E-state index contributed by atoms with van der Waals surface area (Å²) in [6, 6.07) is 3.31. The molecule has 11 nitrogen and oxygen atoms in total. The van der Waals surface area contributed by atoms with Gasteiger partial charge in [0.15, 0.2) is 11.5 Å². The van der Waals surface area contributed by atoms with E-state index in [1.807, 2.05) is 48.5 Å². The van der Waals surface area contributed by atoms with Gasteiger partial charge in [0.25, 0.3) is 0 Å². The van der Waals surface area contributed by atoms with E-state index >= 15 is 0 Å². The molecule has 0 saturated carbocycles. The second-order valence-electron chi connectivity index (χ2n) is 12.1. The topological polar surface area (TPSA) is 147 Å². The van der Waals surface area contributed by atoms with E-state index in [0.717, 1.165) is 0 Å². The van der Waals surface area contributed by atoms with Crippen LogP contribution in [-0.4, -0.2) is 61.3 Å². The van der Waals surface area contributed by atoms with Gasteiger partial charge in [-0.3, -0.25) is 9.59 Å². The van der Waals surface area contributed by atoms with Crippen molar-refractivity contribution in [2.45, 2.75) is 93.2 Å². The maximum absolute atomic E-state index is 12.3. The van der Waals surface area contributed by atoms with Crippen molar-refractivity contribution in [3.05, 3.63) is 23.8 Å². The van der Waals surface area contributed by atoms with Gasteiger partial charge in [0.1, 0.15) is 12.1 Å². The summed E-state index contributed by atoms with van der Waals surface area (Å²) >= 11 is 0. The van der Waals surface area contributed by atoms with E-state index < -0.39 is 30.4 Å². The molecule has 0 aliphatic carbocycles. The van der Waals surface area contributed by atoms with Crippen LogP contribution in [0.4, 0.5) is 9.59 Å².